The number of carboxylic acids is 2. The van der Waals surface area contributed by atoms with Crippen molar-refractivity contribution in [1.29, 1.82) is 0 Å². The fourth-order valence-electron chi connectivity index (χ4n) is 9.53. The van der Waals surface area contributed by atoms with E-state index in [2.05, 4.69) is 19.9 Å². The Kier molecular flexibility index (Phi) is 5.93. The smallest absolute Gasteiger partial charge is 0.313 e. The molecule has 0 aliphatic heterocycles. The van der Waals surface area contributed by atoms with Crippen molar-refractivity contribution in [3.05, 3.63) is 11.6 Å². The summed E-state index contributed by atoms with van der Waals surface area (Å²) in [6.07, 6.45) is 3.78. The lowest BCUT2D eigenvalue weighted by Crippen LogP contribution is -2.69. The van der Waals surface area contributed by atoms with E-state index in [0.29, 0.717) is 19.3 Å². The Bertz CT molecular complexity index is 984. The summed E-state index contributed by atoms with van der Waals surface area (Å²) in [6, 6.07) is 0. The molecule has 10 atom stereocenters. The minimum absolute atomic E-state index is 0.0245. The number of aliphatic hydroxyl groups is 2. The molecule has 7 heteroatoms. The molecule has 4 aliphatic rings. The second kappa shape index (κ2) is 7.88. The molecule has 196 valence electrons. The van der Waals surface area contributed by atoms with E-state index in [1.165, 1.54) is 0 Å². The maximum atomic E-state index is 12.8. The third kappa shape index (κ3) is 3.19. The zero-order valence-corrected chi connectivity index (χ0v) is 21.9. The molecule has 7 nitrogen and oxygen atoms in total. The predicted octanol–water partition coefficient (Wildman–Crippen LogP) is 4.06. The number of rotatable bonds is 4. The van der Waals surface area contributed by atoms with Crippen LogP contribution in [-0.2, 0) is 14.4 Å². The molecule has 0 aromatic heterocycles. The molecule has 0 bridgehead atoms. The van der Waals surface area contributed by atoms with Gasteiger partial charge in [-0.15, -0.1) is 0 Å². The van der Waals surface area contributed by atoms with Gasteiger partial charge >= 0.3 is 11.9 Å². The van der Waals surface area contributed by atoms with Crippen LogP contribution >= 0.6 is 0 Å². The van der Waals surface area contributed by atoms with E-state index in [4.69, 9.17) is 0 Å². The Labute approximate surface area is 208 Å². The summed E-state index contributed by atoms with van der Waals surface area (Å²) in [5, 5.41) is 43.2. The van der Waals surface area contributed by atoms with Crippen LogP contribution in [0.1, 0.15) is 86.5 Å². The number of allylic oxidation sites excluding steroid dienone is 1. The van der Waals surface area contributed by atoms with E-state index < -0.39 is 45.8 Å². The minimum atomic E-state index is -1.45. The molecule has 3 saturated carbocycles. The average Bonchev–Trinajstić information content (AvgIpc) is 2.71. The van der Waals surface area contributed by atoms with Crippen molar-refractivity contribution in [3.63, 3.8) is 0 Å². The molecule has 0 heterocycles. The summed E-state index contributed by atoms with van der Waals surface area (Å²) < 4.78 is 0. The molecule has 4 N–H and O–H groups in total. The second-order valence-corrected chi connectivity index (χ2v) is 13.1. The van der Waals surface area contributed by atoms with Gasteiger partial charge in [-0.2, -0.15) is 0 Å². The van der Waals surface area contributed by atoms with Gasteiger partial charge in [-0.25, -0.2) is 0 Å². The zero-order chi connectivity index (χ0) is 26.4. The Balaban J connectivity index is 1.92. The van der Waals surface area contributed by atoms with Crippen LogP contribution in [0.25, 0.3) is 0 Å². The average molecular weight is 491 g/mol. The Hall–Kier alpha value is -1.73. The summed E-state index contributed by atoms with van der Waals surface area (Å²) in [7, 11) is 0. The minimum Gasteiger partial charge on any atom is -0.481 e. The third-order valence-corrected chi connectivity index (χ3v) is 11.8. The summed E-state index contributed by atoms with van der Waals surface area (Å²) in [4.78, 5) is 37.5. The van der Waals surface area contributed by atoms with E-state index in [9.17, 15) is 34.8 Å². The Morgan fingerprint density at radius 2 is 1.69 bits per heavy atom. The van der Waals surface area contributed by atoms with Crippen LogP contribution in [0.3, 0.4) is 0 Å². The van der Waals surface area contributed by atoms with Gasteiger partial charge < -0.3 is 20.4 Å². The first kappa shape index (κ1) is 26.3. The van der Waals surface area contributed by atoms with Crippen LogP contribution < -0.4 is 0 Å². The van der Waals surface area contributed by atoms with E-state index in [-0.39, 0.29) is 48.2 Å². The number of hydrogen-bond donors (Lipinski definition) is 4. The molecule has 0 aromatic carbocycles. The summed E-state index contributed by atoms with van der Waals surface area (Å²) in [5.41, 5.74) is -3.44. The normalized spacial score (nSPS) is 51.3. The van der Waals surface area contributed by atoms with E-state index in [1.54, 1.807) is 13.8 Å². The first-order valence-electron chi connectivity index (χ1n) is 13.1. The van der Waals surface area contributed by atoms with Gasteiger partial charge in [0.15, 0.2) is 0 Å². The number of carbonyl (C=O) groups is 3. The molecule has 0 amide bonds. The quantitative estimate of drug-likeness (QED) is 0.437. The van der Waals surface area contributed by atoms with Crippen LogP contribution in [-0.4, -0.2) is 49.9 Å². The Morgan fingerprint density at radius 3 is 2.23 bits per heavy atom. The molecule has 0 aromatic rings. The molecule has 4 aliphatic carbocycles. The second-order valence-electron chi connectivity index (χ2n) is 13.1. The van der Waals surface area contributed by atoms with Crippen LogP contribution in [0.15, 0.2) is 11.6 Å². The highest BCUT2D eigenvalue weighted by molar-refractivity contribution is 5.81. The zero-order valence-electron chi connectivity index (χ0n) is 21.9. The first-order valence-corrected chi connectivity index (χ1v) is 13.1. The number of carbonyl (C=O) groups excluding carboxylic acids is 1. The van der Waals surface area contributed by atoms with Gasteiger partial charge in [0.2, 0.25) is 0 Å². The van der Waals surface area contributed by atoms with Crippen molar-refractivity contribution in [2.45, 2.75) is 98.2 Å². The number of aliphatic hydroxyl groups excluding tert-OH is 1. The van der Waals surface area contributed by atoms with Gasteiger partial charge in [0.1, 0.15) is 11.2 Å². The van der Waals surface area contributed by atoms with Crippen LogP contribution in [0.2, 0.25) is 0 Å². The molecule has 35 heavy (non-hydrogen) atoms. The van der Waals surface area contributed by atoms with Crippen LogP contribution in [0.5, 0.6) is 0 Å². The largest absolute Gasteiger partial charge is 0.481 e. The summed E-state index contributed by atoms with van der Waals surface area (Å²) in [6.45, 7) is 11.4. The van der Waals surface area contributed by atoms with Gasteiger partial charge in [0.05, 0.1) is 18.1 Å². The molecule has 0 spiro atoms. The highest BCUT2D eigenvalue weighted by atomic mass is 16.4. The number of hydrogen-bond acceptors (Lipinski definition) is 5. The number of fused-ring (bicyclic) bond motifs is 5. The fourth-order valence-corrected chi connectivity index (χ4v) is 9.53. The summed E-state index contributed by atoms with van der Waals surface area (Å²) in [5.74, 6) is -3.38. The van der Waals surface area contributed by atoms with E-state index >= 15 is 0 Å². The van der Waals surface area contributed by atoms with Gasteiger partial charge in [-0.3, -0.25) is 14.4 Å². The number of aliphatic carboxylic acids is 2. The molecular formula is C28H42O7. The third-order valence-electron chi connectivity index (χ3n) is 11.8. The molecule has 10 unspecified atom stereocenters. The topological polar surface area (TPSA) is 132 Å². The van der Waals surface area contributed by atoms with Gasteiger partial charge in [0.25, 0.3) is 0 Å². The number of ketones is 1. The molecule has 0 saturated heterocycles. The molecule has 3 fully saturated rings. The van der Waals surface area contributed by atoms with Crippen molar-refractivity contribution in [2.75, 3.05) is 0 Å². The van der Waals surface area contributed by atoms with Crippen LogP contribution in [0.4, 0.5) is 0 Å². The monoisotopic (exact) mass is 490 g/mol. The maximum Gasteiger partial charge on any atom is 0.313 e. The van der Waals surface area contributed by atoms with Crippen LogP contribution in [0, 0.1) is 45.3 Å². The SMILES string of the molecule is CC(=O)C1CCC2(C)C(CC=C3C4C(C)(O)C(C)CC(O)C4(C(=O)O)CCC32C)C1(C)CC(=O)O. The highest BCUT2D eigenvalue weighted by Crippen LogP contribution is 2.74. The highest BCUT2D eigenvalue weighted by Gasteiger charge is 2.72. The standard InChI is InChI=1S/C28H42O7/c1-15-13-20(30)28(23(33)34)12-11-25(4)18(22(28)27(15,6)35)7-8-19-24(3,14-21(31)32)17(16(2)29)9-10-26(19,25)5/h7,15,17,19-20,22,30,35H,8-14H2,1-6H3,(H,31,32)(H,33,34). The lowest BCUT2D eigenvalue weighted by atomic mass is 9.34. The van der Waals surface area contributed by atoms with Gasteiger partial charge in [0, 0.05) is 11.8 Å². The molecule has 4 rings (SSSR count). The maximum absolute atomic E-state index is 12.8. The fraction of sp³-hybridized carbons (Fsp3) is 0.821. The first-order chi connectivity index (χ1) is 16.0. The van der Waals surface area contributed by atoms with Gasteiger partial charge in [-0.05, 0) is 80.5 Å². The molecule has 0 radical (unpaired) electrons. The van der Waals surface area contributed by atoms with Crippen molar-refractivity contribution in [1.82, 2.24) is 0 Å². The van der Waals surface area contributed by atoms with Gasteiger partial charge in [-0.1, -0.05) is 39.3 Å². The van der Waals surface area contributed by atoms with Crippen molar-refractivity contribution >= 4 is 17.7 Å². The lowest BCUT2D eigenvalue weighted by molar-refractivity contribution is -0.223. The van der Waals surface area contributed by atoms with E-state index in [0.717, 1.165) is 12.0 Å². The van der Waals surface area contributed by atoms with Crippen molar-refractivity contribution in [3.8, 4) is 0 Å². The number of carboxylic acid groups (broad SMARTS) is 2. The predicted molar refractivity (Wildman–Crippen MR) is 129 cm³/mol. The summed E-state index contributed by atoms with van der Waals surface area (Å²) >= 11 is 0. The molecular weight excluding hydrogens is 448 g/mol. The Morgan fingerprint density at radius 1 is 1.06 bits per heavy atom. The lowest BCUT2D eigenvalue weighted by Gasteiger charge is -2.69. The van der Waals surface area contributed by atoms with Crippen molar-refractivity contribution in [2.24, 2.45) is 45.3 Å². The van der Waals surface area contributed by atoms with Crippen molar-refractivity contribution < 1.29 is 34.8 Å². The van der Waals surface area contributed by atoms with E-state index in [1.807, 2.05) is 13.8 Å². The number of Topliss-reactive ketones (excluding diaryl/α,β-unsaturated/α-hetero) is 1.